The number of carboxylic acids is 1. The lowest BCUT2D eigenvalue weighted by atomic mass is 9.98. The summed E-state index contributed by atoms with van der Waals surface area (Å²) in [5.74, 6) is -7.21. The van der Waals surface area contributed by atoms with Crippen LogP contribution in [0.5, 0.6) is 0 Å². The van der Waals surface area contributed by atoms with Crippen molar-refractivity contribution in [1.29, 1.82) is 0 Å². The van der Waals surface area contributed by atoms with Crippen LogP contribution >= 0.6 is 11.6 Å². The number of carbonyl (C=O) groups is 3. The number of amides is 2. The standard InChI is InChI=1S/C25H19ClF2N2O5/c26-20-11-14(22(31)32)9-10-21(20)30-23(33)25(27,28)13-29-24(34)35-12-19-17-7-3-1-5-15(17)16-6-2-4-8-18(16)19/h1-11,19H,12-13H2,(H,29,34)(H,30,33)(H,31,32). The van der Waals surface area contributed by atoms with E-state index < -0.39 is 30.4 Å². The van der Waals surface area contributed by atoms with Crippen molar-refractivity contribution in [3.8, 4) is 11.1 Å². The lowest BCUT2D eigenvalue weighted by Crippen LogP contribution is -2.45. The number of anilines is 1. The molecule has 0 spiro atoms. The summed E-state index contributed by atoms with van der Waals surface area (Å²) < 4.78 is 33.8. The molecule has 0 saturated heterocycles. The number of nitrogens with one attached hydrogen (secondary N) is 2. The van der Waals surface area contributed by atoms with Gasteiger partial charge in [-0.2, -0.15) is 8.78 Å². The minimum absolute atomic E-state index is 0.0663. The molecule has 0 radical (unpaired) electrons. The highest BCUT2D eigenvalue weighted by atomic mass is 35.5. The second-order valence-electron chi connectivity index (χ2n) is 7.84. The molecule has 0 unspecified atom stereocenters. The number of benzene rings is 3. The highest BCUT2D eigenvalue weighted by Crippen LogP contribution is 2.44. The summed E-state index contributed by atoms with van der Waals surface area (Å²) in [7, 11) is 0. The van der Waals surface area contributed by atoms with Crippen LogP contribution in [-0.2, 0) is 9.53 Å². The largest absolute Gasteiger partial charge is 0.478 e. The maximum absolute atomic E-state index is 14.3. The quantitative estimate of drug-likeness (QED) is 0.416. The van der Waals surface area contributed by atoms with E-state index in [0.717, 1.165) is 40.5 Å². The van der Waals surface area contributed by atoms with E-state index >= 15 is 0 Å². The van der Waals surface area contributed by atoms with Crippen LogP contribution < -0.4 is 10.6 Å². The highest BCUT2D eigenvalue weighted by Gasteiger charge is 2.40. The van der Waals surface area contributed by atoms with Gasteiger partial charge in [-0.3, -0.25) is 4.79 Å². The number of hydrogen-bond donors (Lipinski definition) is 3. The van der Waals surface area contributed by atoms with Crippen molar-refractivity contribution in [2.75, 3.05) is 18.5 Å². The number of alkyl halides is 2. The lowest BCUT2D eigenvalue weighted by molar-refractivity contribution is -0.138. The van der Waals surface area contributed by atoms with Gasteiger partial charge in [0.1, 0.15) is 6.61 Å². The van der Waals surface area contributed by atoms with Crippen molar-refractivity contribution in [1.82, 2.24) is 5.32 Å². The van der Waals surface area contributed by atoms with Gasteiger partial charge in [-0.25, -0.2) is 9.59 Å². The summed E-state index contributed by atoms with van der Waals surface area (Å²) in [5.41, 5.74) is 3.62. The van der Waals surface area contributed by atoms with Gasteiger partial charge in [-0.05, 0) is 40.5 Å². The highest BCUT2D eigenvalue weighted by molar-refractivity contribution is 6.34. The molecule has 0 heterocycles. The van der Waals surface area contributed by atoms with E-state index in [9.17, 15) is 23.2 Å². The fourth-order valence-electron chi connectivity index (χ4n) is 3.88. The van der Waals surface area contributed by atoms with Gasteiger partial charge in [0, 0.05) is 5.92 Å². The Balaban J connectivity index is 1.34. The second-order valence-corrected chi connectivity index (χ2v) is 8.24. The molecule has 1 aliphatic rings. The zero-order valence-electron chi connectivity index (χ0n) is 18.1. The Morgan fingerprint density at radius 2 is 1.57 bits per heavy atom. The average molecular weight is 501 g/mol. The molecule has 0 aliphatic heterocycles. The number of rotatable bonds is 7. The normalized spacial score (nSPS) is 12.4. The van der Waals surface area contributed by atoms with Gasteiger partial charge in [-0.1, -0.05) is 60.1 Å². The van der Waals surface area contributed by atoms with Crippen molar-refractivity contribution in [3.05, 3.63) is 88.4 Å². The zero-order valence-corrected chi connectivity index (χ0v) is 18.8. The molecule has 3 N–H and O–H groups in total. The topological polar surface area (TPSA) is 105 Å². The summed E-state index contributed by atoms with van der Waals surface area (Å²) >= 11 is 5.86. The van der Waals surface area contributed by atoms with Gasteiger partial charge in [0.25, 0.3) is 5.91 Å². The first-order valence-electron chi connectivity index (χ1n) is 10.5. The Kier molecular flexibility index (Phi) is 6.70. The smallest absolute Gasteiger partial charge is 0.407 e. The number of halogens is 3. The molecule has 4 rings (SSSR count). The summed E-state index contributed by atoms with van der Waals surface area (Å²) in [5, 5.41) is 12.6. The molecule has 3 aromatic rings. The molecular formula is C25H19ClF2N2O5. The van der Waals surface area contributed by atoms with E-state index in [4.69, 9.17) is 21.4 Å². The van der Waals surface area contributed by atoms with Crippen LogP contribution in [0, 0.1) is 0 Å². The lowest BCUT2D eigenvalue weighted by Gasteiger charge is -2.18. The van der Waals surface area contributed by atoms with Crippen molar-refractivity contribution in [3.63, 3.8) is 0 Å². The molecule has 10 heteroatoms. The summed E-state index contributed by atoms with van der Waals surface area (Å²) in [6.45, 7) is -1.37. The van der Waals surface area contributed by atoms with Crippen molar-refractivity contribution >= 4 is 35.3 Å². The van der Waals surface area contributed by atoms with E-state index in [2.05, 4.69) is 0 Å². The third kappa shape index (κ3) is 5.09. The summed E-state index contributed by atoms with van der Waals surface area (Å²) in [6, 6.07) is 18.6. The first-order valence-corrected chi connectivity index (χ1v) is 10.9. The Morgan fingerprint density at radius 1 is 0.971 bits per heavy atom. The molecule has 2 amide bonds. The molecular weight excluding hydrogens is 482 g/mol. The number of ether oxygens (including phenoxy) is 1. The van der Waals surface area contributed by atoms with E-state index in [1.807, 2.05) is 59.2 Å². The molecule has 1 aliphatic carbocycles. The maximum Gasteiger partial charge on any atom is 0.407 e. The predicted molar refractivity (Wildman–Crippen MR) is 125 cm³/mol. The minimum atomic E-state index is -3.99. The Labute approximate surface area is 203 Å². The summed E-state index contributed by atoms with van der Waals surface area (Å²) in [4.78, 5) is 35.1. The van der Waals surface area contributed by atoms with E-state index in [1.165, 1.54) is 0 Å². The molecule has 180 valence electrons. The molecule has 7 nitrogen and oxygen atoms in total. The number of aromatic carboxylic acids is 1. The van der Waals surface area contributed by atoms with Gasteiger partial charge in [0.05, 0.1) is 22.8 Å². The number of alkyl carbamates (subject to hydrolysis) is 1. The monoisotopic (exact) mass is 500 g/mol. The van der Waals surface area contributed by atoms with Gasteiger partial charge >= 0.3 is 18.0 Å². The van der Waals surface area contributed by atoms with Gasteiger partial charge in [0.2, 0.25) is 0 Å². The third-order valence-corrected chi connectivity index (χ3v) is 5.91. The van der Waals surface area contributed by atoms with E-state index in [1.54, 1.807) is 0 Å². The fraction of sp³-hybridized carbons (Fsp3) is 0.160. The third-order valence-electron chi connectivity index (χ3n) is 5.59. The van der Waals surface area contributed by atoms with Crippen molar-refractivity contribution in [2.45, 2.75) is 11.8 Å². The number of carboxylic acid groups (broad SMARTS) is 1. The summed E-state index contributed by atoms with van der Waals surface area (Å²) in [6.07, 6.45) is -1.09. The van der Waals surface area contributed by atoms with Crippen molar-refractivity contribution in [2.24, 2.45) is 0 Å². The van der Waals surface area contributed by atoms with Crippen LogP contribution in [0.25, 0.3) is 11.1 Å². The van der Waals surface area contributed by atoms with E-state index in [-0.39, 0.29) is 28.8 Å². The van der Waals surface area contributed by atoms with Crippen LogP contribution in [0.2, 0.25) is 5.02 Å². The molecule has 0 saturated carbocycles. The first-order chi connectivity index (χ1) is 16.7. The predicted octanol–water partition coefficient (Wildman–Crippen LogP) is 5.15. The first kappa shape index (κ1) is 24.2. The average Bonchev–Trinajstić information content (AvgIpc) is 3.16. The Hall–Kier alpha value is -3.98. The van der Waals surface area contributed by atoms with Crippen molar-refractivity contribution < 1.29 is 33.0 Å². The van der Waals surface area contributed by atoms with Gasteiger partial charge < -0.3 is 20.5 Å². The molecule has 0 aromatic heterocycles. The molecule has 0 atom stereocenters. The van der Waals surface area contributed by atoms with Crippen LogP contribution in [0.1, 0.15) is 27.4 Å². The number of carbonyl (C=O) groups excluding carboxylic acids is 2. The van der Waals surface area contributed by atoms with E-state index in [0.29, 0.717) is 0 Å². The minimum Gasteiger partial charge on any atom is -0.478 e. The number of hydrogen-bond acceptors (Lipinski definition) is 4. The van der Waals surface area contributed by atoms with Gasteiger partial charge in [-0.15, -0.1) is 0 Å². The van der Waals surface area contributed by atoms with Crippen LogP contribution in [0.4, 0.5) is 19.3 Å². The zero-order chi connectivity index (χ0) is 25.2. The van der Waals surface area contributed by atoms with Gasteiger partial charge in [0.15, 0.2) is 0 Å². The van der Waals surface area contributed by atoms with Crippen LogP contribution in [0.15, 0.2) is 66.7 Å². The van der Waals surface area contributed by atoms with Crippen LogP contribution in [-0.4, -0.2) is 42.2 Å². The molecule has 0 bridgehead atoms. The maximum atomic E-state index is 14.3. The Bertz CT molecular complexity index is 1270. The second kappa shape index (κ2) is 9.71. The SMILES string of the molecule is O=C(NCC(F)(F)C(=O)Nc1ccc(C(=O)O)cc1Cl)OCC1c2ccccc2-c2ccccc21. The Morgan fingerprint density at radius 3 is 2.14 bits per heavy atom. The fourth-order valence-corrected chi connectivity index (χ4v) is 4.10. The molecule has 35 heavy (non-hydrogen) atoms. The molecule has 3 aromatic carbocycles. The van der Waals surface area contributed by atoms with Crippen LogP contribution in [0.3, 0.4) is 0 Å². The molecule has 0 fully saturated rings. The number of fused-ring (bicyclic) bond motifs is 3.